The third kappa shape index (κ3) is 6.38. The summed E-state index contributed by atoms with van der Waals surface area (Å²) in [5.74, 6) is 3.16. The number of furan rings is 1. The first-order valence-corrected chi connectivity index (χ1v) is 11.0. The van der Waals surface area contributed by atoms with Gasteiger partial charge < -0.3 is 18.6 Å². The van der Waals surface area contributed by atoms with Gasteiger partial charge in [-0.1, -0.05) is 43.8 Å². The fourth-order valence-corrected chi connectivity index (χ4v) is 3.69. The van der Waals surface area contributed by atoms with Gasteiger partial charge in [0.1, 0.15) is 18.1 Å². The van der Waals surface area contributed by atoms with Crippen LogP contribution in [0.2, 0.25) is 0 Å². The molecule has 0 aliphatic heterocycles. The van der Waals surface area contributed by atoms with Crippen molar-refractivity contribution in [3.05, 3.63) is 60.3 Å². The molecule has 0 saturated heterocycles. The normalized spacial score (nSPS) is 11.1. The molecule has 7 nitrogen and oxygen atoms in total. The Balaban J connectivity index is 1.62. The van der Waals surface area contributed by atoms with Crippen LogP contribution in [0.25, 0.3) is 0 Å². The van der Waals surface area contributed by atoms with Crippen LogP contribution in [-0.2, 0) is 24.5 Å². The van der Waals surface area contributed by atoms with Crippen LogP contribution in [0.15, 0.2) is 58.3 Å². The van der Waals surface area contributed by atoms with Crippen molar-refractivity contribution in [1.82, 2.24) is 19.7 Å². The van der Waals surface area contributed by atoms with E-state index in [0.29, 0.717) is 19.1 Å². The molecule has 8 heteroatoms. The number of aromatic nitrogens is 3. The average molecular weight is 429 g/mol. The minimum atomic E-state index is 0.0110. The fraction of sp³-hybridized carbons (Fsp3) is 0.409. The summed E-state index contributed by atoms with van der Waals surface area (Å²) in [7, 11) is 1.77. The Bertz CT molecular complexity index is 910. The van der Waals surface area contributed by atoms with Crippen molar-refractivity contribution >= 4 is 17.7 Å². The summed E-state index contributed by atoms with van der Waals surface area (Å²) in [6.45, 7) is 5.94. The van der Waals surface area contributed by atoms with Crippen molar-refractivity contribution in [2.24, 2.45) is 5.92 Å². The van der Waals surface area contributed by atoms with E-state index in [9.17, 15) is 4.79 Å². The number of rotatable bonds is 11. The zero-order valence-corrected chi connectivity index (χ0v) is 18.5. The Morgan fingerprint density at radius 2 is 2.00 bits per heavy atom. The summed E-state index contributed by atoms with van der Waals surface area (Å²) < 4.78 is 13.2. The van der Waals surface area contributed by atoms with Gasteiger partial charge in [0.25, 0.3) is 0 Å². The number of para-hydroxylation sites is 1. The molecule has 2 aromatic heterocycles. The van der Waals surface area contributed by atoms with Crippen molar-refractivity contribution in [2.45, 2.75) is 45.1 Å². The van der Waals surface area contributed by atoms with Crippen LogP contribution < -0.4 is 4.74 Å². The van der Waals surface area contributed by atoms with Crippen LogP contribution in [0.5, 0.6) is 5.75 Å². The lowest BCUT2D eigenvalue weighted by Gasteiger charge is -2.16. The molecule has 0 aliphatic rings. The zero-order valence-electron chi connectivity index (χ0n) is 17.7. The molecular weight excluding hydrogens is 400 g/mol. The third-order valence-corrected chi connectivity index (χ3v) is 5.51. The minimum absolute atomic E-state index is 0.0110. The largest absolute Gasteiger partial charge is 0.486 e. The van der Waals surface area contributed by atoms with E-state index in [-0.39, 0.29) is 11.7 Å². The first-order valence-electron chi connectivity index (χ1n) is 10.0. The van der Waals surface area contributed by atoms with E-state index in [1.54, 1.807) is 18.2 Å². The minimum Gasteiger partial charge on any atom is -0.486 e. The maximum absolute atomic E-state index is 12.5. The summed E-state index contributed by atoms with van der Waals surface area (Å²) in [6, 6.07) is 13.3. The number of hydrogen-bond donors (Lipinski definition) is 0. The molecule has 30 heavy (non-hydrogen) atoms. The number of carbonyl (C=O) groups excluding carboxylic acids is 1. The van der Waals surface area contributed by atoms with E-state index in [0.717, 1.165) is 35.5 Å². The smallest absolute Gasteiger partial charge is 0.233 e. The van der Waals surface area contributed by atoms with Gasteiger partial charge in [-0.05, 0) is 36.6 Å². The predicted molar refractivity (Wildman–Crippen MR) is 116 cm³/mol. The molecule has 0 fully saturated rings. The van der Waals surface area contributed by atoms with Gasteiger partial charge in [0.2, 0.25) is 5.91 Å². The van der Waals surface area contributed by atoms with Gasteiger partial charge in [0, 0.05) is 13.6 Å². The van der Waals surface area contributed by atoms with E-state index in [4.69, 9.17) is 9.15 Å². The summed E-state index contributed by atoms with van der Waals surface area (Å²) in [5, 5.41) is 9.38. The molecule has 3 rings (SSSR count). The van der Waals surface area contributed by atoms with Gasteiger partial charge in [0.05, 0.1) is 18.6 Å². The Labute approximate surface area is 181 Å². The Hall–Kier alpha value is -2.74. The number of hydrogen-bond acceptors (Lipinski definition) is 6. The molecule has 0 bridgehead atoms. The van der Waals surface area contributed by atoms with Crippen LogP contribution in [0.4, 0.5) is 0 Å². The maximum Gasteiger partial charge on any atom is 0.233 e. The van der Waals surface area contributed by atoms with E-state index in [1.807, 2.05) is 42.5 Å². The van der Waals surface area contributed by atoms with E-state index < -0.39 is 0 Å². The van der Waals surface area contributed by atoms with E-state index >= 15 is 0 Å². The maximum atomic E-state index is 12.5. The first kappa shape index (κ1) is 22.0. The lowest BCUT2D eigenvalue weighted by molar-refractivity contribution is -0.127. The number of benzene rings is 1. The molecule has 1 aromatic carbocycles. The number of thioether (sulfide) groups is 1. The summed E-state index contributed by atoms with van der Waals surface area (Å²) in [4.78, 5) is 14.2. The van der Waals surface area contributed by atoms with Crippen LogP contribution in [-0.4, -0.2) is 38.4 Å². The molecule has 0 spiro atoms. The monoisotopic (exact) mass is 428 g/mol. The van der Waals surface area contributed by atoms with Gasteiger partial charge >= 0.3 is 0 Å². The van der Waals surface area contributed by atoms with Gasteiger partial charge in [-0.25, -0.2) is 0 Å². The number of amides is 1. The van der Waals surface area contributed by atoms with Gasteiger partial charge in [-0.3, -0.25) is 4.79 Å². The molecule has 0 saturated carbocycles. The lowest BCUT2D eigenvalue weighted by Crippen LogP contribution is -2.27. The van der Waals surface area contributed by atoms with E-state index in [1.165, 1.54) is 11.8 Å². The van der Waals surface area contributed by atoms with E-state index in [2.05, 4.69) is 28.6 Å². The molecule has 1 amide bonds. The molecule has 0 unspecified atom stereocenters. The Kier molecular flexibility index (Phi) is 7.96. The Morgan fingerprint density at radius 3 is 2.70 bits per heavy atom. The predicted octanol–water partition coefficient (Wildman–Crippen LogP) is 4.25. The van der Waals surface area contributed by atoms with Crippen molar-refractivity contribution in [3.8, 4) is 5.75 Å². The highest BCUT2D eigenvalue weighted by Crippen LogP contribution is 2.21. The molecule has 0 radical (unpaired) electrons. The average Bonchev–Trinajstić information content (AvgIpc) is 3.39. The summed E-state index contributed by atoms with van der Waals surface area (Å²) >= 11 is 1.40. The zero-order chi connectivity index (χ0) is 21.3. The highest BCUT2D eigenvalue weighted by molar-refractivity contribution is 7.99. The SMILES string of the molecule is CC(C)CCn1c(COc2ccccc2)nnc1SCC(=O)N(C)Cc1ccco1. The second kappa shape index (κ2) is 10.9. The van der Waals surface area contributed by atoms with Gasteiger partial charge in [0.15, 0.2) is 11.0 Å². The second-order valence-electron chi connectivity index (χ2n) is 7.45. The summed E-state index contributed by atoms with van der Waals surface area (Å²) in [6.07, 6.45) is 2.61. The molecule has 3 aromatic rings. The fourth-order valence-electron chi connectivity index (χ4n) is 2.77. The molecule has 2 heterocycles. The van der Waals surface area contributed by atoms with Crippen molar-refractivity contribution in [1.29, 1.82) is 0 Å². The van der Waals surface area contributed by atoms with Crippen LogP contribution in [0.1, 0.15) is 31.9 Å². The van der Waals surface area contributed by atoms with Gasteiger partial charge in [-0.15, -0.1) is 10.2 Å². The highest BCUT2D eigenvalue weighted by atomic mass is 32.2. The molecule has 160 valence electrons. The third-order valence-electron chi connectivity index (χ3n) is 4.56. The van der Waals surface area contributed by atoms with Crippen molar-refractivity contribution in [2.75, 3.05) is 12.8 Å². The molecule has 0 N–H and O–H groups in total. The standard InChI is InChI=1S/C22H28N4O3S/c1-17(2)11-12-26-20(15-29-18-8-5-4-6-9-18)23-24-22(26)30-16-21(27)25(3)14-19-10-7-13-28-19/h4-10,13,17H,11-12,14-16H2,1-3H3. The van der Waals surface area contributed by atoms with Crippen LogP contribution in [0.3, 0.4) is 0 Å². The number of ether oxygens (including phenoxy) is 1. The van der Waals surface area contributed by atoms with Crippen molar-refractivity contribution in [3.63, 3.8) is 0 Å². The number of carbonyl (C=O) groups is 1. The van der Waals surface area contributed by atoms with Crippen molar-refractivity contribution < 1.29 is 13.9 Å². The first-order chi connectivity index (χ1) is 14.5. The molecule has 0 aliphatic carbocycles. The second-order valence-corrected chi connectivity index (χ2v) is 8.40. The Morgan fingerprint density at radius 1 is 1.20 bits per heavy atom. The summed E-state index contributed by atoms with van der Waals surface area (Å²) in [5.41, 5.74) is 0. The molecule has 0 atom stereocenters. The topological polar surface area (TPSA) is 73.4 Å². The number of nitrogens with zero attached hydrogens (tertiary/aromatic N) is 4. The molecular formula is C22H28N4O3S. The highest BCUT2D eigenvalue weighted by Gasteiger charge is 2.17. The quantitative estimate of drug-likeness (QED) is 0.425. The van der Waals surface area contributed by atoms with Crippen LogP contribution >= 0.6 is 11.8 Å². The van der Waals surface area contributed by atoms with Gasteiger partial charge in [-0.2, -0.15) is 0 Å². The van der Waals surface area contributed by atoms with Crippen LogP contribution in [0, 0.1) is 5.92 Å². The lowest BCUT2D eigenvalue weighted by atomic mass is 10.1.